The standard InChI is InChI=1S/C20H18F3N5OS/c21-20(22,23)12-28-17(25-15-5-2-1-4-14(15)18(28)29)16-6-3-7-26(16)10-13-11-27-8-9-30-19(27)24-13/h1-2,4-5,8-9,11,16H,3,6-7,10,12H2. The number of aromatic nitrogens is 4. The largest absolute Gasteiger partial charge is 0.406 e. The number of halogens is 3. The zero-order valence-corrected chi connectivity index (χ0v) is 16.7. The lowest BCUT2D eigenvalue weighted by Crippen LogP contribution is -2.35. The Labute approximate surface area is 173 Å². The molecule has 6 nitrogen and oxygen atoms in total. The Hall–Kier alpha value is -2.72. The Morgan fingerprint density at radius 3 is 2.83 bits per heavy atom. The van der Waals surface area contributed by atoms with Gasteiger partial charge in [-0.25, -0.2) is 9.97 Å². The van der Waals surface area contributed by atoms with Crippen molar-refractivity contribution in [3.05, 3.63) is 63.9 Å². The summed E-state index contributed by atoms with van der Waals surface area (Å²) in [5.41, 5.74) is 0.617. The van der Waals surface area contributed by atoms with Gasteiger partial charge in [-0.2, -0.15) is 13.2 Å². The third-order valence-electron chi connectivity index (χ3n) is 5.40. The molecule has 1 aliphatic rings. The Balaban J connectivity index is 1.56. The summed E-state index contributed by atoms with van der Waals surface area (Å²) < 4.78 is 42.6. The first-order valence-corrected chi connectivity index (χ1v) is 10.5. The number of benzene rings is 1. The summed E-state index contributed by atoms with van der Waals surface area (Å²) >= 11 is 1.53. The summed E-state index contributed by atoms with van der Waals surface area (Å²) in [4.78, 5) is 25.0. The van der Waals surface area contributed by atoms with Crippen LogP contribution < -0.4 is 5.56 Å². The van der Waals surface area contributed by atoms with E-state index in [4.69, 9.17) is 0 Å². The summed E-state index contributed by atoms with van der Waals surface area (Å²) in [6.07, 6.45) is 0.800. The highest BCUT2D eigenvalue weighted by Crippen LogP contribution is 2.33. The molecular weight excluding hydrogens is 415 g/mol. The van der Waals surface area contributed by atoms with Crippen LogP contribution in [0.3, 0.4) is 0 Å². The van der Waals surface area contributed by atoms with Crippen molar-refractivity contribution in [2.45, 2.75) is 38.1 Å². The number of hydrogen-bond donors (Lipinski definition) is 0. The van der Waals surface area contributed by atoms with Crippen LogP contribution in [-0.2, 0) is 13.1 Å². The second-order valence-electron chi connectivity index (χ2n) is 7.45. The van der Waals surface area contributed by atoms with E-state index in [1.165, 1.54) is 17.4 Å². The molecule has 0 N–H and O–H groups in total. The zero-order valence-electron chi connectivity index (χ0n) is 15.8. The first-order chi connectivity index (χ1) is 14.4. The van der Waals surface area contributed by atoms with Crippen LogP contribution in [0.4, 0.5) is 13.2 Å². The number of imidazole rings is 1. The summed E-state index contributed by atoms with van der Waals surface area (Å²) in [5.74, 6) is 0.176. The molecule has 0 radical (unpaired) electrons. The Morgan fingerprint density at radius 2 is 2.03 bits per heavy atom. The average Bonchev–Trinajstić information content (AvgIpc) is 3.40. The SMILES string of the molecule is O=c1c2ccccc2nc(C2CCCN2Cc2cn3ccsc3n2)n1CC(F)(F)F. The van der Waals surface area contributed by atoms with Crippen molar-refractivity contribution in [2.75, 3.05) is 6.54 Å². The lowest BCUT2D eigenvalue weighted by atomic mass is 10.1. The molecular formula is C20H18F3N5OS. The summed E-state index contributed by atoms with van der Waals surface area (Å²) in [7, 11) is 0. The second kappa shape index (κ2) is 7.21. The number of para-hydroxylation sites is 1. The molecule has 4 aromatic rings. The van der Waals surface area contributed by atoms with Gasteiger partial charge in [-0.3, -0.25) is 18.7 Å². The third-order valence-corrected chi connectivity index (χ3v) is 6.17. The van der Waals surface area contributed by atoms with E-state index in [-0.39, 0.29) is 17.3 Å². The fraction of sp³-hybridized carbons (Fsp3) is 0.350. The molecule has 5 rings (SSSR count). The molecule has 1 aromatic carbocycles. The predicted molar refractivity (Wildman–Crippen MR) is 108 cm³/mol. The van der Waals surface area contributed by atoms with Gasteiger partial charge in [0.1, 0.15) is 12.4 Å². The van der Waals surface area contributed by atoms with Crippen LogP contribution in [0.5, 0.6) is 0 Å². The number of rotatable bonds is 4. The Bertz CT molecular complexity index is 1250. The minimum absolute atomic E-state index is 0.176. The molecule has 0 amide bonds. The number of hydrogen-bond acceptors (Lipinski definition) is 5. The molecule has 156 valence electrons. The topological polar surface area (TPSA) is 55.4 Å². The fourth-order valence-electron chi connectivity index (χ4n) is 4.14. The molecule has 0 bridgehead atoms. The molecule has 1 saturated heterocycles. The van der Waals surface area contributed by atoms with E-state index in [0.717, 1.165) is 21.6 Å². The minimum Gasteiger partial charge on any atom is -0.297 e. The highest BCUT2D eigenvalue weighted by molar-refractivity contribution is 7.15. The Kier molecular flexibility index (Phi) is 4.62. The Morgan fingerprint density at radius 1 is 1.20 bits per heavy atom. The van der Waals surface area contributed by atoms with Crippen LogP contribution in [0.15, 0.2) is 46.8 Å². The number of likely N-dealkylation sites (tertiary alicyclic amines) is 1. The van der Waals surface area contributed by atoms with E-state index in [9.17, 15) is 18.0 Å². The molecule has 1 atom stereocenters. The molecule has 0 spiro atoms. The van der Waals surface area contributed by atoms with E-state index >= 15 is 0 Å². The van der Waals surface area contributed by atoms with Crippen molar-refractivity contribution in [2.24, 2.45) is 0 Å². The van der Waals surface area contributed by atoms with E-state index in [1.807, 2.05) is 22.2 Å². The first-order valence-electron chi connectivity index (χ1n) is 9.60. The molecule has 30 heavy (non-hydrogen) atoms. The number of fused-ring (bicyclic) bond motifs is 2. The van der Waals surface area contributed by atoms with Gasteiger partial charge in [0, 0.05) is 24.3 Å². The van der Waals surface area contributed by atoms with Gasteiger partial charge >= 0.3 is 6.18 Å². The molecule has 1 fully saturated rings. The van der Waals surface area contributed by atoms with Gasteiger partial charge in [0.15, 0.2) is 4.96 Å². The first kappa shape index (κ1) is 19.3. The molecule has 3 aromatic heterocycles. The predicted octanol–water partition coefficient (Wildman–Crippen LogP) is 4.01. The van der Waals surface area contributed by atoms with Crippen LogP contribution in [0.1, 0.15) is 30.4 Å². The smallest absolute Gasteiger partial charge is 0.297 e. The van der Waals surface area contributed by atoms with Crippen LogP contribution in [-0.4, -0.2) is 36.6 Å². The maximum atomic E-state index is 13.3. The molecule has 0 aliphatic carbocycles. The van der Waals surface area contributed by atoms with Crippen LogP contribution >= 0.6 is 11.3 Å². The van der Waals surface area contributed by atoms with Gasteiger partial charge in [-0.05, 0) is 31.5 Å². The van der Waals surface area contributed by atoms with Crippen LogP contribution in [0.25, 0.3) is 15.9 Å². The number of alkyl halides is 3. The highest BCUT2D eigenvalue weighted by atomic mass is 32.1. The molecule has 0 saturated carbocycles. The van der Waals surface area contributed by atoms with Gasteiger partial charge in [-0.15, -0.1) is 11.3 Å². The van der Waals surface area contributed by atoms with Gasteiger partial charge in [0.2, 0.25) is 0 Å². The molecule has 1 aliphatic heterocycles. The van der Waals surface area contributed by atoms with Crippen molar-refractivity contribution in [1.29, 1.82) is 0 Å². The summed E-state index contributed by atoms with van der Waals surface area (Å²) in [6.45, 7) is -0.137. The maximum Gasteiger partial charge on any atom is 0.406 e. The normalized spacial score (nSPS) is 18.0. The van der Waals surface area contributed by atoms with Crippen molar-refractivity contribution < 1.29 is 13.2 Å². The minimum atomic E-state index is -4.51. The van der Waals surface area contributed by atoms with E-state index in [0.29, 0.717) is 25.0 Å². The van der Waals surface area contributed by atoms with Crippen molar-refractivity contribution >= 4 is 27.2 Å². The lowest BCUT2D eigenvalue weighted by molar-refractivity contribution is -0.142. The quantitative estimate of drug-likeness (QED) is 0.488. The highest BCUT2D eigenvalue weighted by Gasteiger charge is 2.35. The zero-order chi connectivity index (χ0) is 20.9. The molecule has 4 heterocycles. The van der Waals surface area contributed by atoms with Crippen LogP contribution in [0, 0.1) is 0 Å². The third kappa shape index (κ3) is 3.50. The van der Waals surface area contributed by atoms with Crippen molar-refractivity contribution in [3.8, 4) is 0 Å². The van der Waals surface area contributed by atoms with E-state index < -0.39 is 18.3 Å². The second-order valence-corrected chi connectivity index (χ2v) is 8.32. The lowest BCUT2D eigenvalue weighted by Gasteiger charge is -2.26. The monoisotopic (exact) mass is 433 g/mol. The summed E-state index contributed by atoms with van der Waals surface area (Å²) in [6, 6.07) is 6.18. The van der Waals surface area contributed by atoms with Gasteiger partial charge in [0.25, 0.3) is 5.56 Å². The number of nitrogens with zero attached hydrogens (tertiary/aromatic N) is 5. The van der Waals surface area contributed by atoms with Crippen molar-refractivity contribution in [1.82, 2.24) is 23.8 Å². The van der Waals surface area contributed by atoms with Crippen LogP contribution in [0.2, 0.25) is 0 Å². The maximum absolute atomic E-state index is 13.3. The summed E-state index contributed by atoms with van der Waals surface area (Å²) in [5, 5.41) is 2.14. The van der Waals surface area contributed by atoms with Gasteiger partial charge < -0.3 is 0 Å². The van der Waals surface area contributed by atoms with Gasteiger partial charge in [0.05, 0.1) is 22.6 Å². The molecule has 1 unspecified atom stereocenters. The van der Waals surface area contributed by atoms with Crippen molar-refractivity contribution in [3.63, 3.8) is 0 Å². The van der Waals surface area contributed by atoms with Gasteiger partial charge in [-0.1, -0.05) is 12.1 Å². The number of thiazole rings is 1. The van der Waals surface area contributed by atoms with E-state index in [1.54, 1.807) is 18.2 Å². The molecule has 10 heteroatoms. The fourth-order valence-corrected chi connectivity index (χ4v) is 4.86. The average molecular weight is 433 g/mol. The van der Waals surface area contributed by atoms with E-state index in [2.05, 4.69) is 14.9 Å².